The molecule has 12 heteroatoms. The molecule has 1 aromatic heterocycles. The summed E-state index contributed by atoms with van der Waals surface area (Å²) in [5, 5.41) is 10.8. The van der Waals surface area contributed by atoms with Crippen LogP contribution in [0.4, 0.5) is 5.13 Å². The largest absolute Gasteiger partial charge is 0.493 e. The Balaban J connectivity index is 1.56. The molecule has 1 amide bonds. The van der Waals surface area contributed by atoms with Crippen molar-refractivity contribution in [2.24, 2.45) is 0 Å². The van der Waals surface area contributed by atoms with Gasteiger partial charge in [-0.1, -0.05) is 24.3 Å². The average molecular weight is 529 g/mol. The molecule has 0 aliphatic heterocycles. The van der Waals surface area contributed by atoms with Crippen LogP contribution < -0.4 is 19.5 Å². The summed E-state index contributed by atoms with van der Waals surface area (Å²) in [6.45, 7) is 3.64. The van der Waals surface area contributed by atoms with Gasteiger partial charge in [-0.15, -0.1) is 0 Å². The number of ether oxygens (including phenoxy) is 3. The standard InChI is InChI=1S/C24H24N4O6S2/c1-16(2)36(30,31)24-27-23(35-28-24)26-22(29)18(15-25)14-17-8-10-19(11-9-17)33-12-13-34-21-7-5-4-6-20(21)32-3/h4-11,14,16H,12-13H2,1-3H3,(H,26,27,28,29)/b18-14-. The van der Waals surface area contributed by atoms with Gasteiger partial charge in [-0.3, -0.25) is 10.1 Å². The molecule has 0 bridgehead atoms. The Labute approximate surface area is 213 Å². The lowest BCUT2D eigenvalue weighted by Gasteiger charge is -2.11. The van der Waals surface area contributed by atoms with Gasteiger partial charge in [-0.2, -0.15) is 14.6 Å². The number of nitrogens with zero attached hydrogens (tertiary/aromatic N) is 3. The zero-order valence-corrected chi connectivity index (χ0v) is 21.4. The Bertz CT molecular complexity index is 1380. The maximum Gasteiger partial charge on any atom is 0.268 e. The van der Waals surface area contributed by atoms with Gasteiger partial charge in [-0.05, 0) is 49.8 Å². The molecule has 0 atom stereocenters. The first-order valence-electron chi connectivity index (χ1n) is 10.7. The van der Waals surface area contributed by atoms with Gasteiger partial charge in [0.1, 0.15) is 30.6 Å². The molecule has 2 aromatic carbocycles. The Kier molecular flexibility index (Phi) is 8.99. The summed E-state index contributed by atoms with van der Waals surface area (Å²) in [5.74, 6) is 1.12. The van der Waals surface area contributed by atoms with Crippen LogP contribution in [0, 0.1) is 11.3 Å². The van der Waals surface area contributed by atoms with Gasteiger partial charge < -0.3 is 14.2 Å². The van der Waals surface area contributed by atoms with Crippen LogP contribution in [0.3, 0.4) is 0 Å². The Hall–Kier alpha value is -3.95. The molecule has 0 saturated heterocycles. The molecular formula is C24H24N4O6S2. The predicted octanol–water partition coefficient (Wildman–Crippen LogP) is 3.73. The molecule has 1 N–H and O–H groups in total. The van der Waals surface area contributed by atoms with Gasteiger partial charge in [0.2, 0.25) is 15.0 Å². The first kappa shape index (κ1) is 26.7. The Morgan fingerprint density at radius 2 is 1.78 bits per heavy atom. The highest BCUT2D eigenvalue weighted by molar-refractivity contribution is 7.91. The van der Waals surface area contributed by atoms with Crippen molar-refractivity contribution in [1.29, 1.82) is 5.26 Å². The van der Waals surface area contributed by atoms with E-state index < -0.39 is 21.0 Å². The zero-order chi connectivity index (χ0) is 26.1. The Morgan fingerprint density at radius 1 is 1.11 bits per heavy atom. The molecule has 0 aliphatic rings. The minimum atomic E-state index is -3.66. The Morgan fingerprint density at radius 3 is 2.42 bits per heavy atom. The lowest BCUT2D eigenvalue weighted by atomic mass is 10.1. The first-order chi connectivity index (χ1) is 17.2. The number of hydrogen-bond acceptors (Lipinski definition) is 10. The van der Waals surface area contributed by atoms with Crippen LogP contribution in [-0.4, -0.2) is 49.3 Å². The number of nitrogens with one attached hydrogen (secondary N) is 1. The lowest BCUT2D eigenvalue weighted by Crippen LogP contribution is -2.16. The highest BCUT2D eigenvalue weighted by atomic mass is 32.2. The van der Waals surface area contributed by atoms with Crippen molar-refractivity contribution in [3.63, 3.8) is 0 Å². The molecule has 10 nitrogen and oxygen atoms in total. The number of anilines is 1. The maximum atomic E-state index is 12.5. The molecule has 0 saturated carbocycles. The molecule has 0 aliphatic carbocycles. The second kappa shape index (κ2) is 12.1. The minimum Gasteiger partial charge on any atom is -0.493 e. The number of nitriles is 1. The second-order valence-corrected chi connectivity index (χ2v) is 10.7. The van der Waals surface area contributed by atoms with E-state index in [1.165, 1.54) is 19.9 Å². The summed E-state index contributed by atoms with van der Waals surface area (Å²) in [4.78, 5) is 16.3. The third-order valence-electron chi connectivity index (χ3n) is 4.74. The number of carbonyl (C=O) groups excluding carboxylic acids is 1. The number of methoxy groups -OCH3 is 1. The first-order valence-corrected chi connectivity index (χ1v) is 13.1. The van der Waals surface area contributed by atoms with Crippen molar-refractivity contribution in [3.8, 4) is 23.3 Å². The SMILES string of the molecule is COc1ccccc1OCCOc1ccc(/C=C(/C#N)C(=O)Nc2nc(S(=O)(=O)C(C)C)ns2)cc1. The van der Waals surface area contributed by atoms with Gasteiger partial charge in [0.05, 0.1) is 12.4 Å². The zero-order valence-electron chi connectivity index (χ0n) is 19.8. The van der Waals surface area contributed by atoms with E-state index in [0.29, 0.717) is 36.0 Å². The fraction of sp³-hybridized carbons (Fsp3) is 0.250. The highest BCUT2D eigenvalue weighted by Gasteiger charge is 2.25. The van der Waals surface area contributed by atoms with Crippen molar-refractivity contribution in [2.45, 2.75) is 24.3 Å². The minimum absolute atomic E-state index is 0.0144. The number of benzene rings is 2. The second-order valence-electron chi connectivity index (χ2n) is 7.52. The number of aromatic nitrogens is 2. The van der Waals surface area contributed by atoms with E-state index in [2.05, 4.69) is 14.7 Å². The molecule has 188 valence electrons. The highest BCUT2D eigenvalue weighted by Crippen LogP contribution is 2.25. The van der Waals surface area contributed by atoms with Crippen LogP contribution in [0.1, 0.15) is 19.4 Å². The van der Waals surface area contributed by atoms with Crippen LogP contribution in [-0.2, 0) is 14.6 Å². The molecule has 0 unspecified atom stereocenters. The van der Waals surface area contributed by atoms with E-state index in [4.69, 9.17) is 14.2 Å². The van der Waals surface area contributed by atoms with Gasteiger partial charge >= 0.3 is 0 Å². The monoisotopic (exact) mass is 528 g/mol. The van der Waals surface area contributed by atoms with Gasteiger partial charge in [0.15, 0.2) is 11.5 Å². The summed E-state index contributed by atoms with van der Waals surface area (Å²) >= 11 is 0.726. The van der Waals surface area contributed by atoms with Gasteiger partial charge in [-0.25, -0.2) is 8.42 Å². The lowest BCUT2D eigenvalue weighted by molar-refractivity contribution is -0.112. The number of sulfone groups is 1. The van der Waals surface area contributed by atoms with Crippen molar-refractivity contribution >= 4 is 38.5 Å². The maximum absolute atomic E-state index is 12.5. The smallest absolute Gasteiger partial charge is 0.268 e. The van der Waals surface area contributed by atoms with E-state index in [0.717, 1.165) is 11.5 Å². The van der Waals surface area contributed by atoms with Crippen LogP contribution in [0.15, 0.2) is 59.3 Å². The number of hydrogen-bond donors (Lipinski definition) is 1. The molecule has 3 aromatic rings. The molecule has 0 spiro atoms. The van der Waals surface area contributed by atoms with E-state index in [-0.39, 0.29) is 15.9 Å². The third kappa shape index (κ3) is 6.80. The van der Waals surface area contributed by atoms with Crippen molar-refractivity contribution in [3.05, 3.63) is 59.7 Å². The summed E-state index contributed by atoms with van der Waals surface area (Å²) in [5.41, 5.74) is 0.414. The molecule has 0 fully saturated rings. The van der Waals surface area contributed by atoms with Crippen LogP contribution in [0.2, 0.25) is 0 Å². The normalized spacial score (nSPS) is 11.6. The quantitative estimate of drug-likeness (QED) is 0.224. The number of carbonyl (C=O) groups is 1. The summed E-state index contributed by atoms with van der Waals surface area (Å²) in [6.07, 6.45) is 1.40. The van der Waals surface area contributed by atoms with Crippen LogP contribution in [0.5, 0.6) is 17.2 Å². The van der Waals surface area contributed by atoms with Crippen molar-refractivity contribution in [1.82, 2.24) is 9.36 Å². The summed E-state index contributed by atoms with van der Waals surface area (Å²) in [6, 6.07) is 15.9. The molecule has 3 rings (SSSR count). The van der Waals surface area contributed by atoms with E-state index in [9.17, 15) is 18.5 Å². The van der Waals surface area contributed by atoms with Gasteiger partial charge in [0, 0.05) is 11.5 Å². The molecule has 0 radical (unpaired) electrons. The molecular weight excluding hydrogens is 504 g/mol. The molecule has 1 heterocycles. The average Bonchev–Trinajstić information content (AvgIpc) is 3.35. The number of rotatable bonds is 11. The fourth-order valence-corrected chi connectivity index (χ4v) is 4.47. The van der Waals surface area contributed by atoms with E-state index >= 15 is 0 Å². The fourth-order valence-electron chi connectivity index (χ4n) is 2.78. The topological polar surface area (TPSA) is 140 Å². The summed E-state index contributed by atoms with van der Waals surface area (Å²) < 4.78 is 44.7. The predicted molar refractivity (Wildman–Crippen MR) is 135 cm³/mol. The summed E-state index contributed by atoms with van der Waals surface area (Å²) in [7, 11) is -2.09. The number of para-hydroxylation sites is 2. The van der Waals surface area contributed by atoms with Crippen molar-refractivity contribution in [2.75, 3.05) is 25.6 Å². The van der Waals surface area contributed by atoms with Crippen LogP contribution >= 0.6 is 11.5 Å². The van der Waals surface area contributed by atoms with E-state index in [1.807, 2.05) is 18.2 Å². The van der Waals surface area contributed by atoms with Crippen molar-refractivity contribution < 1.29 is 27.4 Å². The number of amides is 1. The van der Waals surface area contributed by atoms with Crippen LogP contribution in [0.25, 0.3) is 6.08 Å². The third-order valence-corrected chi connectivity index (χ3v) is 7.42. The molecule has 36 heavy (non-hydrogen) atoms. The van der Waals surface area contributed by atoms with Gasteiger partial charge in [0.25, 0.3) is 11.1 Å². The van der Waals surface area contributed by atoms with E-state index in [1.54, 1.807) is 43.5 Å².